The summed E-state index contributed by atoms with van der Waals surface area (Å²) in [6.45, 7) is -0.323. The van der Waals surface area contributed by atoms with Crippen LogP contribution in [0.3, 0.4) is 0 Å². The highest BCUT2D eigenvalue weighted by Gasteiger charge is 2.36. The molecule has 0 radical (unpaired) electrons. The fourth-order valence-electron chi connectivity index (χ4n) is 2.82. The number of halogens is 2. The molecule has 1 aliphatic heterocycles. The number of carbonyl (C=O) groups is 2. The SMILES string of the molecule is O=C(CN1C(=O)c2ccccc2CS1(=O)=O)NCCc1cccc(Cl)c1Cl. The first kappa shape index (κ1) is 19.7. The van der Waals surface area contributed by atoms with Crippen molar-refractivity contribution in [1.82, 2.24) is 9.62 Å². The minimum absolute atomic E-state index is 0.234. The molecule has 6 nitrogen and oxygen atoms in total. The number of hydrogen-bond acceptors (Lipinski definition) is 4. The van der Waals surface area contributed by atoms with Gasteiger partial charge in [0.1, 0.15) is 6.54 Å². The van der Waals surface area contributed by atoms with Crippen molar-refractivity contribution in [2.75, 3.05) is 13.1 Å². The van der Waals surface area contributed by atoms with Crippen molar-refractivity contribution in [3.05, 3.63) is 69.2 Å². The van der Waals surface area contributed by atoms with Crippen LogP contribution >= 0.6 is 23.2 Å². The number of nitrogens with one attached hydrogen (secondary N) is 1. The van der Waals surface area contributed by atoms with Gasteiger partial charge in [0.15, 0.2) is 0 Å². The lowest BCUT2D eigenvalue weighted by molar-refractivity contribution is -0.121. The Labute approximate surface area is 167 Å². The van der Waals surface area contributed by atoms with Crippen LogP contribution in [0.1, 0.15) is 21.5 Å². The van der Waals surface area contributed by atoms with Gasteiger partial charge in [-0.3, -0.25) is 9.59 Å². The fraction of sp³-hybridized carbons (Fsp3) is 0.222. The number of sulfonamides is 1. The van der Waals surface area contributed by atoms with Crippen molar-refractivity contribution >= 4 is 45.0 Å². The summed E-state index contributed by atoms with van der Waals surface area (Å²) in [6, 6.07) is 11.7. The van der Waals surface area contributed by atoms with E-state index in [2.05, 4.69) is 5.32 Å². The third-order valence-corrected chi connectivity index (χ3v) is 6.68. The van der Waals surface area contributed by atoms with Gasteiger partial charge in [-0.05, 0) is 29.7 Å². The molecular weight excluding hydrogens is 411 g/mol. The molecule has 142 valence electrons. The summed E-state index contributed by atoms with van der Waals surface area (Å²) in [4.78, 5) is 24.7. The molecule has 1 heterocycles. The predicted octanol–water partition coefficient (Wildman–Crippen LogP) is 2.64. The van der Waals surface area contributed by atoms with E-state index in [0.29, 0.717) is 31.9 Å². The second kappa shape index (κ2) is 7.88. The van der Waals surface area contributed by atoms with Crippen molar-refractivity contribution in [3.63, 3.8) is 0 Å². The topological polar surface area (TPSA) is 83.6 Å². The summed E-state index contributed by atoms with van der Waals surface area (Å²) in [7, 11) is -3.89. The lowest BCUT2D eigenvalue weighted by atomic mass is 10.1. The Kier molecular flexibility index (Phi) is 5.74. The van der Waals surface area contributed by atoms with E-state index in [4.69, 9.17) is 23.2 Å². The van der Waals surface area contributed by atoms with Crippen LogP contribution < -0.4 is 5.32 Å². The second-order valence-electron chi connectivity index (χ2n) is 6.04. The molecule has 0 aromatic heterocycles. The quantitative estimate of drug-likeness (QED) is 0.796. The molecule has 0 saturated carbocycles. The molecule has 2 aromatic carbocycles. The molecule has 0 aliphatic carbocycles. The van der Waals surface area contributed by atoms with Crippen LogP contribution in [0.4, 0.5) is 0 Å². The molecule has 9 heteroatoms. The van der Waals surface area contributed by atoms with Crippen LogP contribution in [0, 0.1) is 0 Å². The number of nitrogens with zero attached hydrogens (tertiary/aromatic N) is 1. The van der Waals surface area contributed by atoms with E-state index >= 15 is 0 Å². The Morgan fingerprint density at radius 1 is 1.11 bits per heavy atom. The summed E-state index contributed by atoms with van der Waals surface area (Å²) in [5.41, 5.74) is 1.50. The molecule has 2 amide bonds. The Morgan fingerprint density at radius 3 is 2.63 bits per heavy atom. The predicted molar refractivity (Wildman–Crippen MR) is 103 cm³/mol. The molecule has 27 heavy (non-hydrogen) atoms. The molecule has 0 unspecified atom stereocenters. The highest BCUT2D eigenvalue weighted by atomic mass is 35.5. The molecule has 0 spiro atoms. The minimum Gasteiger partial charge on any atom is -0.354 e. The summed E-state index contributed by atoms with van der Waals surface area (Å²) < 4.78 is 25.3. The van der Waals surface area contributed by atoms with E-state index in [0.717, 1.165) is 5.56 Å². The van der Waals surface area contributed by atoms with Crippen LogP contribution in [-0.4, -0.2) is 37.6 Å². The molecule has 0 atom stereocenters. The molecular formula is C18H16Cl2N2O4S. The van der Waals surface area contributed by atoms with Gasteiger partial charge in [0.05, 0.1) is 15.8 Å². The summed E-state index contributed by atoms with van der Waals surface area (Å²) >= 11 is 12.0. The van der Waals surface area contributed by atoms with Gasteiger partial charge in [0.25, 0.3) is 5.91 Å². The number of carbonyl (C=O) groups excluding carboxylic acids is 2. The Balaban J connectivity index is 1.64. The van der Waals surface area contributed by atoms with Crippen LogP contribution in [-0.2, 0) is 27.0 Å². The summed E-state index contributed by atoms with van der Waals surface area (Å²) in [5, 5.41) is 3.44. The molecule has 0 fully saturated rings. The van der Waals surface area contributed by atoms with E-state index < -0.39 is 28.4 Å². The number of fused-ring (bicyclic) bond motifs is 1. The van der Waals surface area contributed by atoms with Crippen molar-refractivity contribution in [2.24, 2.45) is 0 Å². The van der Waals surface area contributed by atoms with Gasteiger partial charge in [-0.25, -0.2) is 12.7 Å². The number of amides is 2. The highest BCUT2D eigenvalue weighted by molar-refractivity contribution is 7.89. The van der Waals surface area contributed by atoms with E-state index in [-0.39, 0.29) is 12.3 Å². The van der Waals surface area contributed by atoms with Crippen LogP contribution in [0.5, 0.6) is 0 Å². The van der Waals surface area contributed by atoms with Crippen molar-refractivity contribution in [1.29, 1.82) is 0 Å². The molecule has 0 saturated heterocycles. The molecule has 0 bridgehead atoms. The first-order chi connectivity index (χ1) is 12.8. The maximum absolute atomic E-state index is 12.5. The van der Waals surface area contributed by atoms with Crippen LogP contribution in [0.2, 0.25) is 10.0 Å². The van der Waals surface area contributed by atoms with Crippen molar-refractivity contribution < 1.29 is 18.0 Å². The van der Waals surface area contributed by atoms with Gasteiger partial charge in [-0.1, -0.05) is 53.5 Å². The number of benzene rings is 2. The Morgan fingerprint density at radius 2 is 1.85 bits per heavy atom. The zero-order valence-electron chi connectivity index (χ0n) is 14.1. The van der Waals surface area contributed by atoms with Gasteiger partial charge in [-0.2, -0.15) is 0 Å². The molecule has 3 rings (SSSR count). The van der Waals surface area contributed by atoms with E-state index in [1.165, 1.54) is 0 Å². The Bertz CT molecular complexity index is 1010. The lowest BCUT2D eigenvalue weighted by Gasteiger charge is -2.27. The molecule has 1 aliphatic rings. The number of hydrogen-bond donors (Lipinski definition) is 1. The normalized spacial score (nSPS) is 15.3. The molecule has 1 N–H and O–H groups in total. The average molecular weight is 427 g/mol. The van der Waals surface area contributed by atoms with Crippen LogP contribution in [0.25, 0.3) is 0 Å². The Hall–Kier alpha value is -2.09. The largest absolute Gasteiger partial charge is 0.354 e. The third-order valence-electron chi connectivity index (χ3n) is 4.18. The zero-order valence-corrected chi connectivity index (χ0v) is 16.4. The van der Waals surface area contributed by atoms with E-state index in [9.17, 15) is 18.0 Å². The first-order valence-corrected chi connectivity index (χ1v) is 10.5. The zero-order chi connectivity index (χ0) is 19.6. The standard InChI is InChI=1S/C18H16Cl2N2O4S/c19-15-7-3-5-12(17(15)20)8-9-21-16(23)10-22-18(24)14-6-2-1-4-13(14)11-27(22,25)26/h1-7H,8-11H2,(H,21,23). The highest BCUT2D eigenvalue weighted by Crippen LogP contribution is 2.26. The second-order valence-corrected chi connectivity index (χ2v) is 8.72. The van der Waals surface area contributed by atoms with Gasteiger partial charge >= 0.3 is 0 Å². The fourth-order valence-corrected chi connectivity index (χ4v) is 4.70. The average Bonchev–Trinajstić information content (AvgIpc) is 2.62. The van der Waals surface area contributed by atoms with Crippen molar-refractivity contribution in [2.45, 2.75) is 12.2 Å². The monoisotopic (exact) mass is 426 g/mol. The van der Waals surface area contributed by atoms with E-state index in [1.807, 2.05) is 0 Å². The van der Waals surface area contributed by atoms with Crippen LogP contribution in [0.15, 0.2) is 42.5 Å². The minimum atomic E-state index is -3.89. The maximum atomic E-state index is 12.5. The van der Waals surface area contributed by atoms with Gasteiger partial charge in [0.2, 0.25) is 15.9 Å². The smallest absolute Gasteiger partial charge is 0.268 e. The van der Waals surface area contributed by atoms with Gasteiger partial charge < -0.3 is 5.32 Å². The lowest BCUT2D eigenvalue weighted by Crippen LogP contribution is -2.47. The number of rotatable bonds is 5. The van der Waals surface area contributed by atoms with Crippen molar-refractivity contribution in [3.8, 4) is 0 Å². The molecule has 2 aromatic rings. The third kappa shape index (κ3) is 4.26. The summed E-state index contributed by atoms with van der Waals surface area (Å²) in [6.07, 6.45) is 0.425. The van der Waals surface area contributed by atoms with Gasteiger partial charge in [0, 0.05) is 12.1 Å². The van der Waals surface area contributed by atoms with Gasteiger partial charge in [-0.15, -0.1) is 0 Å². The van der Waals surface area contributed by atoms with E-state index in [1.54, 1.807) is 42.5 Å². The first-order valence-electron chi connectivity index (χ1n) is 8.12. The maximum Gasteiger partial charge on any atom is 0.268 e. The summed E-state index contributed by atoms with van der Waals surface area (Å²) in [5.74, 6) is -1.56.